The molecule has 0 radical (unpaired) electrons. The predicted molar refractivity (Wildman–Crippen MR) is 102 cm³/mol. The number of carboxylic acid groups (broad SMARTS) is 1. The molecule has 5 nitrogen and oxygen atoms in total. The molecule has 0 aliphatic rings. The largest absolute Gasteiger partial charge is 0.481 e. The zero-order valence-corrected chi connectivity index (χ0v) is 15.3. The van der Waals surface area contributed by atoms with E-state index >= 15 is 0 Å². The van der Waals surface area contributed by atoms with E-state index in [0.29, 0.717) is 17.3 Å². The fourth-order valence-corrected chi connectivity index (χ4v) is 3.18. The molecule has 1 unspecified atom stereocenters. The highest BCUT2D eigenvalue weighted by molar-refractivity contribution is 6.35. The van der Waals surface area contributed by atoms with Gasteiger partial charge in [0.1, 0.15) is 11.5 Å². The molecule has 0 spiro atoms. The fraction of sp³-hybridized carbons (Fsp3) is 0.200. The first-order valence-electron chi connectivity index (χ1n) is 8.47. The Labute approximate surface area is 160 Å². The van der Waals surface area contributed by atoms with Crippen molar-refractivity contribution in [2.75, 3.05) is 0 Å². The molecule has 1 atom stereocenters. The van der Waals surface area contributed by atoms with Crippen molar-refractivity contribution in [1.29, 1.82) is 0 Å². The molecule has 3 rings (SSSR count). The summed E-state index contributed by atoms with van der Waals surface area (Å²) in [6, 6.07) is 11.4. The molecule has 0 saturated carbocycles. The number of aromatic amines is 1. The molecule has 0 fully saturated rings. The second kappa shape index (κ2) is 7.80. The van der Waals surface area contributed by atoms with Crippen LogP contribution in [-0.4, -0.2) is 22.0 Å². The number of carboxylic acids is 1. The number of amides is 1. The summed E-state index contributed by atoms with van der Waals surface area (Å²) in [4.78, 5) is 26.5. The van der Waals surface area contributed by atoms with Crippen molar-refractivity contribution >= 4 is 34.4 Å². The molecule has 3 aromatic rings. The average Bonchev–Trinajstić information content (AvgIpc) is 3.09. The van der Waals surface area contributed by atoms with Crippen LogP contribution in [0.2, 0.25) is 5.02 Å². The van der Waals surface area contributed by atoms with E-state index in [1.165, 1.54) is 18.2 Å². The van der Waals surface area contributed by atoms with E-state index < -0.39 is 17.7 Å². The molecule has 27 heavy (non-hydrogen) atoms. The van der Waals surface area contributed by atoms with E-state index in [1.54, 1.807) is 24.3 Å². The highest BCUT2D eigenvalue weighted by Gasteiger charge is 2.17. The third-order valence-electron chi connectivity index (χ3n) is 4.48. The van der Waals surface area contributed by atoms with Crippen LogP contribution in [0.15, 0.2) is 42.5 Å². The van der Waals surface area contributed by atoms with E-state index in [9.17, 15) is 19.1 Å². The summed E-state index contributed by atoms with van der Waals surface area (Å²) in [6.45, 7) is 2.10. The van der Waals surface area contributed by atoms with Crippen LogP contribution >= 0.6 is 11.6 Å². The van der Waals surface area contributed by atoms with Crippen LogP contribution < -0.4 is 5.32 Å². The van der Waals surface area contributed by atoms with Crippen molar-refractivity contribution in [3.8, 4) is 0 Å². The molecule has 1 amide bonds. The average molecular weight is 389 g/mol. The molecule has 140 valence electrons. The number of hydrogen-bond acceptors (Lipinski definition) is 2. The van der Waals surface area contributed by atoms with Gasteiger partial charge in [0, 0.05) is 17.4 Å². The van der Waals surface area contributed by atoms with Crippen LogP contribution in [0.3, 0.4) is 0 Å². The second-order valence-electron chi connectivity index (χ2n) is 6.23. The van der Waals surface area contributed by atoms with Gasteiger partial charge in [0.05, 0.1) is 10.9 Å². The van der Waals surface area contributed by atoms with E-state index in [-0.39, 0.29) is 23.2 Å². The highest BCUT2D eigenvalue weighted by atomic mass is 35.5. The number of carbonyl (C=O) groups excluding carboxylic acids is 1. The maximum atomic E-state index is 13.5. The van der Waals surface area contributed by atoms with Gasteiger partial charge in [0.15, 0.2) is 0 Å². The topological polar surface area (TPSA) is 82.2 Å². The Hall–Kier alpha value is -2.86. The SMILES string of the molecule is CCC(C(=O)O)c1ccc(CNC(=O)c2cc3c(Cl)c(F)ccc3[nH]2)cc1. The number of hydrogen-bond donors (Lipinski definition) is 3. The van der Waals surface area contributed by atoms with Crippen molar-refractivity contribution < 1.29 is 19.1 Å². The summed E-state index contributed by atoms with van der Waals surface area (Å²) < 4.78 is 13.5. The highest BCUT2D eigenvalue weighted by Crippen LogP contribution is 2.27. The van der Waals surface area contributed by atoms with Gasteiger partial charge in [0.2, 0.25) is 0 Å². The molecule has 1 aromatic heterocycles. The lowest BCUT2D eigenvalue weighted by atomic mass is 9.96. The minimum atomic E-state index is -0.854. The van der Waals surface area contributed by atoms with E-state index in [4.69, 9.17) is 11.6 Å². The van der Waals surface area contributed by atoms with Gasteiger partial charge in [-0.25, -0.2) is 4.39 Å². The third-order valence-corrected chi connectivity index (χ3v) is 4.86. The standard InChI is InChI=1S/C20H18ClFN2O3/c1-2-13(20(26)27)12-5-3-11(4-6-12)10-23-19(25)17-9-14-16(24-17)8-7-15(22)18(14)21/h3-9,13,24H,2,10H2,1H3,(H,23,25)(H,26,27). The maximum absolute atomic E-state index is 13.5. The Bertz CT molecular complexity index is 998. The number of carbonyl (C=O) groups is 2. The summed E-state index contributed by atoms with van der Waals surface area (Å²) in [6.07, 6.45) is 0.509. The summed E-state index contributed by atoms with van der Waals surface area (Å²) in [5.74, 6) is -2.27. The molecular formula is C20H18ClFN2O3. The Morgan fingerprint density at radius 2 is 1.93 bits per heavy atom. The van der Waals surface area contributed by atoms with Gasteiger partial charge in [-0.2, -0.15) is 0 Å². The van der Waals surface area contributed by atoms with Crippen LogP contribution in [0.4, 0.5) is 4.39 Å². The zero-order valence-electron chi connectivity index (χ0n) is 14.6. The van der Waals surface area contributed by atoms with Crippen molar-refractivity contribution in [2.24, 2.45) is 0 Å². The van der Waals surface area contributed by atoms with Crippen LogP contribution in [0.25, 0.3) is 10.9 Å². The van der Waals surface area contributed by atoms with Gasteiger partial charge < -0.3 is 15.4 Å². The van der Waals surface area contributed by atoms with E-state index in [0.717, 1.165) is 11.1 Å². The lowest BCUT2D eigenvalue weighted by molar-refractivity contribution is -0.138. The Kier molecular flexibility index (Phi) is 5.46. The van der Waals surface area contributed by atoms with Crippen molar-refractivity contribution in [2.45, 2.75) is 25.8 Å². The third kappa shape index (κ3) is 3.95. The first kappa shape index (κ1) is 18.9. The van der Waals surface area contributed by atoms with Gasteiger partial charge in [-0.3, -0.25) is 9.59 Å². The Morgan fingerprint density at radius 1 is 1.22 bits per heavy atom. The summed E-state index contributed by atoms with van der Waals surface area (Å²) in [5.41, 5.74) is 2.43. The van der Waals surface area contributed by atoms with Crippen LogP contribution in [0.1, 0.15) is 40.9 Å². The minimum Gasteiger partial charge on any atom is -0.481 e. The molecule has 7 heteroatoms. The summed E-state index contributed by atoms with van der Waals surface area (Å²) >= 11 is 5.92. The number of halogens is 2. The normalized spacial score (nSPS) is 12.1. The van der Waals surface area contributed by atoms with Crippen molar-refractivity contribution in [1.82, 2.24) is 10.3 Å². The van der Waals surface area contributed by atoms with E-state index in [2.05, 4.69) is 10.3 Å². The second-order valence-corrected chi connectivity index (χ2v) is 6.61. The van der Waals surface area contributed by atoms with Crippen LogP contribution in [-0.2, 0) is 11.3 Å². The molecule has 0 saturated heterocycles. The van der Waals surface area contributed by atoms with Gasteiger partial charge in [-0.15, -0.1) is 0 Å². The number of benzene rings is 2. The number of aromatic nitrogens is 1. The number of H-pyrrole nitrogens is 1. The summed E-state index contributed by atoms with van der Waals surface area (Å²) in [7, 11) is 0. The first-order valence-corrected chi connectivity index (χ1v) is 8.85. The van der Waals surface area contributed by atoms with Gasteiger partial charge in [-0.05, 0) is 35.7 Å². The molecular weight excluding hydrogens is 371 g/mol. The molecule has 2 aromatic carbocycles. The van der Waals surface area contributed by atoms with Crippen molar-refractivity contribution in [3.63, 3.8) is 0 Å². The molecule has 1 heterocycles. The fourth-order valence-electron chi connectivity index (χ4n) is 2.96. The molecule has 0 bridgehead atoms. The number of fused-ring (bicyclic) bond motifs is 1. The van der Waals surface area contributed by atoms with Gasteiger partial charge >= 0.3 is 5.97 Å². The quantitative estimate of drug-likeness (QED) is 0.582. The first-order chi connectivity index (χ1) is 12.9. The number of rotatable bonds is 6. The minimum absolute atomic E-state index is 0.0257. The monoisotopic (exact) mass is 388 g/mol. The smallest absolute Gasteiger partial charge is 0.310 e. The van der Waals surface area contributed by atoms with Crippen LogP contribution in [0.5, 0.6) is 0 Å². The maximum Gasteiger partial charge on any atom is 0.310 e. The predicted octanol–water partition coefficient (Wildman–Crippen LogP) is 4.47. The lowest BCUT2D eigenvalue weighted by Gasteiger charge is -2.11. The molecule has 0 aliphatic carbocycles. The number of nitrogens with one attached hydrogen (secondary N) is 2. The number of aliphatic carboxylic acids is 1. The lowest BCUT2D eigenvalue weighted by Crippen LogP contribution is -2.23. The van der Waals surface area contributed by atoms with Crippen LogP contribution in [0, 0.1) is 5.82 Å². The van der Waals surface area contributed by atoms with E-state index in [1.807, 2.05) is 6.92 Å². The zero-order chi connectivity index (χ0) is 19.6. The Balaban J connectivity index is 1.69. The Morgan fingerprint density at radius 3 is 2.56 bits per heavy atom. The molecule has 3 N–H and O–H groups in total. The van der Waals surface area contributed by atoms with Crippen molar-refractivity contribution in [3.05, 3.63) is 70.1 Å². The van der Waals surface area contributed by atoms with Gasteiger partial charge in [-0.1, -0.05) is 42.8 Å². The summed E-state index contributed by atoms with van der Waals surface area (Å²) in [5, 5.41) is 12.4. The van der Waals surface area contributed by atoms with Gasteiger partial charge in [0.25, 0.3) is 5.91 Å². The molecule has 0 aliphatic heterocycles.